The minimum atomic E-state index is -5.09. The number of esters is 1. The molecule has 0 saturated heterocycles. The second-order valence-electron chi connectivity index (χ2n) is 7.13. The predicted molar refractivity (Wildman–Crippen MR) is 117 cm³/mol. The molecule has 0 atom stereocenters. The number of ether oxygens (including phenoxy) is 3. The Balaban J connectivity index is 1.76. The van der Waals surface area contributed by atoms with Gasteiger partial charge in [0, 0.05) is 6.07 Å². The summed E-state index contributed by atoms with van der Waals surface area (Å²) in [4.78, 5) is 25.2. The molecule has 0 saturated carbocycles. The van der Waals surface area contributed by atoms with E-state index in [0.717, 1.165) is 24.3 Å². The zero-order chi connectivity index (χ0) is 25.2. The maximum atomic E-state index is 13.8. The van der Waals surface area contributed by atoms with Gasteiger partial charge >= 0.3 is 12.1 Å². The third-order valence-corrected chi connectivity index (χ3v) is 4.71. The van der Waals surface area contributed by atoms with E-state index in [0.29, 0.717) is 0 Å². The molecule has 0 radical (unpaired) electrons. The Morgan fingerprint density at radius 1 is 0.971 bits per heavy atom. The van der Waals surface area contributed by atoms with Gasteiger partial charge in [-0.2, -0.15) is 13.2 Å². The maximum absolute atomic E-state index is 13.8. The van der Waals surface area contributed by atoms with Crippen molar-refractivity contribution in [3.8, 4) is 23.0 Å². The van der Waals surface area contributed by atoms with Crippen LogP contribution in [0.2, 0.25) is 0 Å². The first kappa shape index (κ1) is 23.8. The second kappa shape index (κ2) is 9.49. The van der Waals surface area contributed by atoms with Crippen molar-refractivity contribution < 1.29 is 41.0 Å². The van der Waals surface area contributed by atoms with Crippen LogP contribution in [0.3, 0.4) is 0 Å². The molecule has 4 rings (SSSR count). The zero-order valence-corrected chi connectivity index (χ0v) is 18.0. The minimum Gasteiger partial charge on any atom is -0.490 e. The van der Waals surface area contributed by atoms with Crippen LogP contribution in [-0.2, 0) is 6.18 Å². The molecule has 10 heteroatoms. The van der Waals surface area contributed by atoms with Gasteiger partial charge in [-0.1, -0.05) is 18.2 Å². The number of alkyl halides is 3. The summed E-state index contributed by atoms with van der Waals surface area (Å²) in [6.45, 7) is 1.90. The molecule has 0 aliphatic heterocycles. The molecule has 0 spiro atoms. The Morgan fingerprint density at radius 3 is 2.40 bits per heavy atom. The van der Waals surface area contributed by atoms with Crippen LogP contribution in [0.1, 0.15) is 23.0 Å². The topological polar surface area (TPSA) is 75.0 Å². The molecule has 0 aliphatic carbocycles. The molecule has 0 amide bonds. The van der Waals surface area contributed by atoms with E-state index < -0.39 is 40.5 Å². The van der Waals surface area contributed by atoms with Gasteiger partial charge in [0.2, 0.25) is 11.2 Å². The lowest BCUT2D eigenvalue weighted by atomic mass is 10.2. The number of hydrogen-bond acceptors (Lipinski definition) is 6. The van der Waals surface area contributed by atoms with Crippen LogP contribution in [0, 0.1) is 5.82 Å². The van der Waals surface area contributed by atoms with Gasteiger partial charge in [-0.25, -0.2) is 9.18 Å². The molecule has 1 aromatic heterocycles. The second-order valence-corrected chi connectivity index (χ2v) is 7.13. The van der Waals surface area contributed by atoms with E-state index >= 15 is 0 Å². The van der Waals surface area contributed by atoms with E-state index in [2.05, 4.69) is 0 Å². The van der Waals surface area contributed by atoms with Crippen molar-refractivity contribution in [2.45, 2.75) is 13.1 Å². The summed E-state index contributed by atoms with van der Waals surface area (Å²) in [5.74, 6) is -4.53. The highest BCUT2D eigenvalue weighted by molar-refractivity contribution is 5.91. The monoisotopic (exact) mass is 488 g/mol. The first-order valence-corrected chi connectivity index (χ1v) is 10.2. The summed E-state index contributed by atoms with van der Waals surface area (Å²) in [6.07, 6.45) is -5.09. The molecule has 0 aliphatic rings. The fourth-order valence-electron chi connectivity index (χ4n) is 3.20. The Labute approximate surface area is 195 Å². The van der Waals surface area contributed by atoms with Crippen LogP contribution in [0.4, 0.5) is 17.6 Å². The minimum absolute atomic E-state index is 0.104. The van der Waals surface area contributed by atoms with E-state index in [4.69, 9.17) is 18.6 Å². The van der Waals surface area contributed by atoms with E-state index in [-0.39, 0.29) is 34.8 Å². The molecule has 35 heavy (non-hydrogen) atoms. The maximum Gasteiger partial charge on any atom is 0.453 e. The number of fused-ring (bicyclic) bond motifs is 1. The van der Waals surface area contributed by atoms with Crippen LogP contribution in [0.5, 0.6) is 23.0 Å². The molecule has 0 fully saturated rings. The molecule has 1 heterocycles. The van der Waals surface area contributed by atoms with Crippen molar-refractivity contribution in [3.05, 3.63) is 94.1 Å². The van der Waals surface area contributed by atoms with Crippen LogP contribution >= 0.6 is 0 Å². The summed E-state index contributed by atoms with van der Waals surface area (Å²) in [5, 5.41) is -0.243. The van der Waals surface area contributed by atoms with E-state index in [1.807, 2.05) is 0 Å². The van der Waals surface area contributed by atoms with Crippen LogP contribution in [0.15, 0.2) is 75.9 Å². The first-order chi connectivity index (χ1) is 16.7. The highest BCUT2D eigenvalue weighted by Crippen LogP contribution is 2.40. The number of carbonyl (C=O) groups is 1. The molecular formula is C25H16F4O6. The van der Waals surface area contributed by atoms with Crippen LogP contribution < -0.4 is 19.6 Å². The van der Waals surface area contributed by atoms with Crippen molar-refractivity contribution >= 4 is 16.9 Å². The van der Waals surface area contributed by atoms with Crippen molar-refractivity contribution in [1.82, 2.24) is 0 Å². The standard InChI is InChI=1S/C25H16F4O6/c1-2-32-18-8-3-4-9-19(18)34-22-21(30)17-11-10-16(13-20(17)35-23(22)25(27,28)29)33-24(31)14-6-5-7-15(26)12-14/h3-13H,2H2,1H3. The highest BCUT2D eigenvalue weighted by Gasteiger charge is 2.40. The lowest BCUT2D eigenvalue weighted by molar-refractivity contribution is -0.154. The largest absolute Gasteiger partial charge is 0.490 e. The molecule has 4 aromatic rings. The van der Waals surface area contributed by atoms with Crippen LogP contribution in [-0.4, -0.2) is 12.6 Å². The lowest BCUT2D eigenvalue weighted by Crippen LogP contribution is -2.16. The Hall–Kier alpha value is -4.34. The predicted octanol–water partition coefficient (Wildman–Crippen LogP) is 6.36. The third kappa shape index (κ3) is 5.11. The zero-order valence-electron chi connectivity index (χ0n) is 18.0. The summed E-state index contributed by atoms with van der Waals surface area (Å²) in [5.41, 5.74) is -1.69. The van der Waals surface area contributed by atoms with Crippen molar-refractivity contribution in [2.24, 2.45) is 0 Å². The quantitative estimate of drug-likeness (QED) is 0.179. The number of benzene rings is 3. The molecule has 0 unspecified atom stereocenters. The molecule has 0 N–H and O–H groups in total. The average molecular weight is 488 g/mol. The van der Waals surface area contributed by atoms with Crippen LogP contribution in [0.25, 0.3) is 11.0 Å². The molecule has 0 bridgehead atoms. The average Bonchev–Trinajstić information content (AvgIpc) is 2.81. The van der Waals surface area contributed by atoms with Gasteiger partial charge in [-0.3, -0.25) is 4.79 Å². The molecule has 6 nitrogen and oxygen atoms in total. The van der Waals surface area contributed by atoms with Gasteiger partial charge in [0.15, 0.2) is 11.5 Å². The number of halogens is 4. The van der Waals surface area contributed by atoms with Crippen molar-refractivity contribution in [3.63, 3.8) is 0 Å². The SMILES string of the molecule is CCOc1ccccc1Oc1c(C(F)(F)F)oc2cc(OC(=O)c3cccc(F)c3)ccc2c1=O. The highest BCUT2D eigenvalue weighted by atomic mass is 19.4. The Morgan fingerprint density at radius 2 is 1.71 bits per heavy atom. The van der Waals surface area contributed by atoms with Gasteiger partial charge in [0.05, 0.1) is 17.6 Å². The Kier molecular flexibility index (Phi) is 6.46. The van der Waals surface area contributed by atoms with Gasteiger partial charge in [0.25, 0.3) is 5.76 Å². The third-order valence-electron chi connectivity index (χ3n) is 4.71. The fraction of sp³-hybridized carbons (Fsp3) is 0.120. The van der Waals surface area contributed by atoms with Crippen molar-refractivity contribution in [1.29, 1.82) is 0 Å². The van der Waals surface area contributed by atoms with Gasteiger partial charge in [-0.05, 0) is 49.4 Å². The summed E-state index contributed by atoms with van der Waals surface area (Å²) in [6, 6.07) is 13.9. The molecule has 3 aromatic carbocycles. The Bertz CT molecular complexity index is 1460. The normalized spacial score (nSPS) is 11.3. The molecule has 180 valence electrons. The fourth-order valence-corrected chi connectivity index (χ4v) is 3.20. The lowest BCUT2D eigenvalue weighted by Gasteiger charge is -2.15. The van der Waals surface area contributed by atoms with E-state index in [1.165, 1.54) is 36.4 Å². The van der Waals surface area contributed by atoms with E-state index in [1.54, 1.807) is 13.0 Å². The van der Waals surface area contributed by atoms with Crippen molar-refractivity contribution in [2.75, 3.05) is 6.61 Å². The summed E-state index contributed by atoms with van der Waals surface area (Å²) < 4.78 is 75.6. The number of rotatable bonds is 6. The van der Waals surface area contributed by atoms with Gasteiger partial charge < -0.3 is 18.6 Å². The van der Waals surface area contributed by atoms with Gasteiger partial charge in [-0.15, -0.1) is 0 Å². The smallest absolute Gasteiger partial charge is 0.453 e. The number of carbonyl (C=O) groups excluding carboxylic acids is 1. The van der Waals surface area contributed by atoms with E-state index in [9.17, 15) is 27.2 Å². The summed E-state index contributed by atoms with van der Waals surface area (Å²) in [7, 11) is 0. The summed E-state index contributed by atoms with van der Waals surface area (Å²) >= 11 is 0. The first-order valence-electron chi connectivity index (χ1n) is 10.2. The van der Waals surface area contributed by atoms with Gasteiger partial charge in [0.1, 0.15) is 17.1 Å². The molecular weight excluding hydrogens is 472 g/mol. The number of para-hydroxylation sites is 2. The number of hydrogen-bond donors (Lipinski definition) is 0.